The number of nitrogens with two attached hydrogens (primary N) is 1. The molecule has 1 aliphatic rings. The Morgan fingerprint density at radius 3 is 2.64 bits per heavy atom. The van der Waals surface area contributed by atoms with Crippen LogP contribution < -0.4 is 10.5 Å². The van der Waals surface area contributed by atoms with Gasteiger partial charge >= 0.3 is 0 Å². The van der Waals surface area contributed by atoms with E-state index in [1.54, 1.807) is 13.2 Å². The van der Waals surface area contributed by atoms with E-state index in [1.165, 1.54) is 11.6 Å². The number of hydrogen-bond acceptors (Lipinski definition) is 3. The number of fused-ring (bicyclic) bond motifs is 1. The van der Waals surface area contributed by atoms with Gasteiger partial charge in [0.1, 0.15) is 11.6 Å². The zero-order valence-electron chi connectivity index (χ0n) is 12.9. The summed E-state index contributed by atoms with van der Waals surface area (Å²) in [6.45, 7) is 3.16. The molecule has 3 nitrogen and oxygen atoms in total. The quantitative estimate of drug-likeness (QED) is 0.940. The number of ether oxygens (including phenoxy) is 1. The Labute approximate surface area is 130 Å². The van der Waals surface area contributed by atoms with E-state index >= 15 is 0 Å². The summed E-state index contributed by atoms with van der Waals surface area (Å²) in [4.78, 5) is 2.24. The van der Waals surface area contributed by atoms with E-state index in [9.17, 15) is 4.39 Å². The fraction of sp³-hybridized carbons (Fsp3) is 0.333. The van der Waals surface area contributed by atoms with Gasteiger partial charge in [-0.1, -0.05) is 30.3 Å². The third-order valence-corrected chi connectivity index (χ3v) is 4.56. The Bertz CT molecular complexity index is 660. The molecule has 2 aromatic rings. The highest BCUT2D eigenvalue weighted by atomic mass is 19.1. The van der Waals surface area contributed by atoms with Gasteiger partial charge in [0.2, 0.25) is 0 Å². The lowest BCUT2D eigenvalue weighted by molar-refractivity contribution is 0.159. The van der Waals surface area contributed by atoms with E-state index in [0.717, 1.165) is 11.3 Å². The number of halogens is 1. The predicted octanol–water partition coefficient (Wildman–Crippen LogP) is 3.41. The Kier molecular flexibility index (Phi) is 4.14. The van der Waals surface area contributed by atoms with Crippen molar-refractivity contribution in [3.63, 3.8) is 0 Å². The second-order valence-corrected chi connectivity index (χ2v) is 5.65. The third-order valence-electron chi connectivity index (χ3n) is 4.56. The Balaban J connectivity index is 2.00. The topological polar surface area (TPSA) is 38.5 Å². The molecule has 0 radical (unpaired) electrons. The van der Waals surface area contributed by atoms with E-state index in [-0.39, 0.29) is 17.9 Å². The van der Waals surface area contributed by atoms with Gasteiger partial charge in [0.05, 0.1) is 13.2 Å². The average molecular weight is 300 g/mol. The van der Waals surface area contributed by atoms with Crippen LogP contribution in [0.5, 0.6) is 5.75 Å². The van der Waals surface area contributed by atoms with Crippen molar-refractivity contribution in [2.75, 3.05) is 13.7 Å². The molecule has 0 amide bonds. The molecule has 0 bridgehead atoms. The Morgan fingerprint density at radius 2 is 2.00 bits per heavy atom. The molecule has 0 saturated carbocycles. The molecule has 22 heavy (non-hydrogen) atoms. The maximum Gasteiger partial charge on any atom is 0.128 e. The predicted molar refractivity (Wildman–Crippen MR) is 85.1 cm³/mol. The summed E-state index contributed by atoms with van der Waals surface area (Å²) >= 11 is 0. The van der Waals surface area contributed by atoms with Gasteiger partial charge in [0.15, 0.2) is 0 Å². The number of methoxy groups -OCH3 is 1. The van der Waals surface area contributed by atoms with Crippen molar-refractivity contribution in [2.45, 2.75) is 25.6 Å². The first-order valence-corrected chi connectivity index (χ1v) is 7.53. The van der Waals surface area contributed by atoms with Crippen LogP contribution in [-0.4, -0.2) is 18.6 Å². The van der Waals surface area contributed by atoms with E-state index in [2.05, 4.69) is 24.0 Å². The van der Waals surface area contributed by atoms with Crippen LogP contribution in [0.25, 0.3) is 0 Å². The lowest BCUT2D eigenvalue weighted by atomic mass is 10.0. The molecule has 0 aliphatic carbocycles. The minimum atomic E-state index is -0.200. The van der Waals surface area contributed by atoms with Crippen LogP contribution in [0.1, 0.15) is 35.7 Å². The van der Waals surface area contributed by atoms with Crippen molar-refractivity contribution >= 4 is 0 Å². The number of hydrogen-bond donors (Lipinski definition) is 1. The average Bonchev–Trinajstić information content (AvgIpc) is 2.95. The molecule has 0 spiro atoms. The summed E-state index contributed by atoms with van der Waals surface area (Å²) in [6, 6.07) is 13.4. The summed E-state index contributed by atoms with van der Waals surface area (Å²) in [5.41, 5.74) is 8.77. The maximum atomic E-state index is 14.3. The van der Waals surface area contributed by atoms with Gasteiger partial charge in [-0.15, -0.1) is 0 Å². The van der Waals surface area contributed by atoms with Gasteiger partial charge in [-0.2, -0.15) is 0 Å². The largest absolute Gasteiger partial charge is 0.496 e. The van der Waals surface area contributed by atoms with Crippen molar-refractivity contribution < 1.29 is 9.13 Å². The molecule has 1 aliphatic heterocycles. The first-order chi connectivity index (χ1) is 10.7. The second-order valence-electron chi connectivity index (χ2n) is 5.65. The SMILES string of the molecule is COc1ccc(F)c2c1CN(C(C)c1ccccc1)C2CN. The molecule has 3 rings (SSSR count). The van der Waals surface area contributed by atoms with E-state index in [4.69, 9.17) is 10.5 Å². The summed E-state index contributed by atoms with van der Waals surface area (Å²) in [5.74, 6) is 0.534. The number of benzene rings is 2. The van der Waals surface area contributed by atoms with Gasteiger partial charge in [-0.25, -0.2) is 4.39 Å². The molecule has 2 N–H and O–H groups in total. The highest BCUT2D eigenvalue weighted by molar-refractivity contribution is 5.46. The molecule has 1 heterocycles. The van der Waals surface area contributed by atoms with Crippen molar-refractivity contribution in [1.29, 1.82) is 0 Å². The fourth-order valence-corrected chi connectivity index (χ4v) is 3.37. The Morgan fingerprint density at radius 1 is 1.27 bits per heavy atom. The minimum absolute atomic E-state index is 0.125. The van der Waals surface area contributed by atoms with Crippen LogP contribution in [0, 0.1) is 5.82 Å². The van der Waals surface area contributed by atoms with Crippen molar-refractivity contribution in [3.05, 3.63) is 65.0 Å². The summed E-state index contributed by atoms with van der Waals surface area (Å²) in [6.07, 6.45) is 0. The molecule has 0 saturated heterocycles. The highest BCUT2D eigenvalue weighted by Gasteiger charge is 2.36. The maximum absolute atomic E-state index is 14.3. The summed E-state index contributed by atoms with van der Waals surface area (Å²) in [5, 5.41) is 0. The smallest absolute Gasteiger partial charge is 0.128 e. The molecule has 4 heteroatoms. The zero-order valence-corrected chi connectivity index (χ0v) is 12.9. The fourth-order valence-electron chi connectivity index (χ4n) is 3.37. The lowest BCUT2D eigenvalue weighted by Gasteiger charge is -2.30. The Hall–Kier alpha value is -1.91. The first-order valence-electron chi connectivity index (χ1n) is 7.53. The van der Waals surface area contributed by atoms with Crippen LogP contribution >= 0.6 is 0 Å². The van der Waals surface area contributed by atoms with Crippen molar-refractivity contribution in [1.82, 2.24) is 4.90 Å². The first kappa shape index (κ1) is 15.0. The molecule has 2 unspecified atom stereocenters. The molecule has 2 aromatic carbocycles. The molecular formula is C18H21FN2O. The van der Waals surface area contributed by atoms with Gasteiger partial charge < -0.3 is 10.5 Å². The molecule has 2 atom stereocenters. The van der Waals surface area contributed by atoms with Crippen LogP contribution in [-0.2, 0) is 6.54 Å². The zero-order chi connectivity index (χ0) is 15.7. The van der Waals surface area contributed by atoms with Gasteiger partial charge in [-0.05, 0) is 24.6 Å². The van der Waals surface area contributed by atoms with Gasteiger partial charge in [0.25, 0.3) is 0 Å². The van der Waals surface area contributed by atoms with Crippen molar-refractivity contribution in [3.8, 4) is 5.75 Å². The van der Waals surface area contributed by atoms with Crippen LogP contribution in [0.15, 0.2) is 42.5 Å². The van der Waals surface area contributed by atoms with Crippen LogP contribution in [0.3, 0.4) is 0 Å². The molecule has 116 valence electrons. The number of nitrogens with zero attached hydrogens (tertiary/aromatic N) is 1. The summed E-state index contributed by atoms with van der Waals surface area (Å²) in [7, 11) is 1.62. The lowest BCUT2D eigenvalue weighted by Crippen LogP contribution is -2.30. The summed E-state index contributed by atoms with van der Waals surface area (Å²) < 4.78 is 19.8. The highest BCUT2D eigenvalue weighted by Crippen LogP contribution is 2.43. The van der Waals surface area contributed by atoms with Crippen molar-refractivity contribution in [2.24, 2.45) is 5.73 Å². The molecular weight excluding hydrogens is 279 g/mol. The normalized spacial score (nSPS) is 19.0. The van der Waals surface area contributed by atoms with Crippen LogP contribution in [0.4, 0.5) is 4.39 Å². The third kappa shape index (κ3) is 2.38. The van der Waals surface area contributed by atoms with E-state index in [0.29, 0.717) is 18.7 Å². The van der Waals surface area contributed by atoms with E-state index < -0.39 is 0 Å². The van der Waals surface area contributed by atoms with Gasteiger partial charge in [-0.3, -0.25) is 4.90 Å². The second kappa shape index (κ2) is 6.07. The minimum Gasteiger partial charge on any atom is -0.496 e. The van der Waals surface area contributed by atoms with E-state index in [1.807, 2.05) is 18.2 Å². The molecule has 0 aromatic heterocycles. The molecule has 0 fully saturated rings. The standard InChI is InChI=1S/C18H21FN2O/c1-12(13-6-4-3-5-7-13)21-11-14-17(22-2)9-8-15(19)18(14)16(21)10-20/h3-9,12,16H,10-11,20H2,1-2H3. The number of rotatable bonds is 4. The monoisotopic (exact) mass is 300 g/mol. The van der Waals surface area contributed by atoms with Crippen LogP contribution in [0.2, 0.25) is 0 Å². The van der Waals surface area contributed by atoms with Gasteiger partial charge in [0, 0.05) is 30.3 Å².